The maximum absolute atomic E-state index is 12.1. The minimum Gasteiger partial charge on any atom is -0.465 e. The third kappa shape index (κ3) is 4.06. The molecule has 3 rings (SSSR count). The quantitative estimate of drug-likeness (QED) is 0.671. The number of allylic oxidation sites excluding steroid dienone is 1. The summed E-state index contributed by atoms with van der Waals surface area (Å²) in [7, 11) is 1.44. The lowest BCUT2D eigenvalue weighted by molar-refractivity contribution is 0.0600. The summed E-state index contributed by atoms with van der Waals surface area (Å²) in [6.07, 6.45) is 3.21. The molecule has 1 aliphatic carbocycles. The minimum atomic E-state index is -0.262. The summed E-state index contributed by atoms with van der Waals surface area (Å²) in [6, 6.07) is 6.06. The van der Waals surface area contributed by atoms with E-state index in [0.29, 0.717) is 11.5 Å². The molecule has 0 amide bonds. The van der Waals surface area contributed by atoms with E-state index in [-0.39, 0.29) is 11.4 Å². The van der Waals surface area contributed by atoms with Crippen molar-refractivity contribution >= 4 is 11.7 Å². The lowest BCUT2D eigenvalue weighted by Crippen LogP contribution is -2.44. The van der Waals surface area contributed by atoms with Crippen molar-refractivity contribution in [2.75, 3.05) is 38.2 Å². The summed E-state index contributed by atoms with van der Waals surface area (Å²) >= 11 is 0. The van der Waals surface area contributed by atoms with Crippen LogP contribution in [0.2, 0.25) is 0 Å². The van der Waals surface area contributed by atoms with Crippen LogP contribution in [0.4, 0.5) is 5.69 Å². The number of piperazine rings is 1. The molecule has 1 heterocycles. The van der Waals surface area contributed by atoms with Gasteiger partial charge in [-0.25, -0.2) is 4.79 Å². The number of hydrogen-bond donors (Lipinski definition) is 1. The zero-order valence-corrected chi connectivity index (χ0v) is 15.7. The zero-order chi connectivity index (χ0) is 18.0. The van der Waals surface area contributed by atoms with E-state index >= 15 is 0 Å². The molecule has 1 aliphatic heterocycles. The second-order valence-electron chi connectivity index (χ2n) is 8.20. The van der Waals surface area contributed by atoms with E-state index in [1.807, 2.05) is 6.07 Å². The van der Waals surface area contributed by atoms with Gasteiger partial charge >= 0.3 is 5.97 Å². The van der Waals surface area contributed by atoms with E-state index in [2.05, 4.69) is 42.8 Å². The molecule has 4 heteroatoms. The van der Waals surface area contributed by atoms with Crippen LogP contribution in [0.3, 0.4) is 0 Å². The summed E-state index contributed by atoms with van der Waals surface area (Å²) in [6.45, 7) is 12.9. The molecule has 0 radical (unpaired) electrons. The van der Waals surface area contributed by atoms with Gasteiger partial charge in [0.05, 0.1) is 12.7 Å². The van der Waals surface area contributed by atoms with Crippen molar-refractivity contribution in [1.82, 2.24) is 5.32 Å². The Labute approximate surface area is 151 Å². The molecule has 1 aromatic rings. The van der Waals surface area contributed by atoms with Crippen LogP contribution in [0.15, 0.2) is 30.4 Å². The van der Waals surface area contributed by atoms with Gasteiger partial charge in [-0.1, -0.05) is 26.0 Å². The first-order valence-corrected chi connectivity index (χ1v) is 9.24. The highest BCUT2D eigenvalue weighted by molar-refractivity contribution is 5.90. The van der Waals surface area contributed by atoms with Gasteiger partial charge in [0.2, 0.25) is 0 Å². The van der Waals surface area contributed by atoms with Gasteiger partial charge in [-0.3, -0.25) is 0 Å². The van der Waals surface area contributed by atoms with Crippen LogP contribution in [0, 0.1) is 5.41 Å². The monoisotopic (exact) mass is 342 g/mol. The molecule has 2 aliphatic rings. The molecule has 1 atom stereocenters. The number of ether oxygens (including phenoxy) is 1. The number of benzene rings is 1. The Morgan fingerprint density at radius 2 is 2.04 bits per heavy atom. The average molecular weight is 342 g/mol. The smallest absolute Gasteiger partial charge is 0.337 e. The van der Waals surface area contributed by atoms with Gasteiger partial charge in [0.1, 0.15) is 0 Å². The van der Waals surface area contributed by atoms with Crippen LogP contribution in [0.5, 0.6) is 0 Å². The highest BCUT2D eigenvalue weighted by Crippen LogP contribution is 2.47. The van der Waals surface area contributed by atoms with Crippen LogP contribution < -0.4 is 10.2 Å². The number of nitrogens with zero attached hydrogens (tertiary/aromatic N) is 1. The van der Waals surface area contributed by atoms with E-state index in [1.54, 1.807) is 0 Å². The highest BCUT2D eigenvalue weighted by Gasteiger charge is 2.33. The Kier molecular flexibility index (Phi) is 5.19. The van der Waals surface area contributed by atoms with Gasteiger partial charge in [0, 0.05) is 31.9 Å². The zero-order valence-electron chi connectivity index (χ0n) is 15.7. The molecule has 4 nitrogen and oxygen atoms in total. The van der Waals surface area contributed by atoms with E-state index in [1.165, 1.54) is 23.9 Å². The Bertz CT molecular complexity index is 660. The molecule has 0 aromatic heterocycles. The average Bonchev–Trinajstić information content (AvgIpc) is 2.59. The maximum atomic E-state index is 12.1. The van der Waals surface area contributed by atoms with E-state index in [0.717, 1.165) is 45.4 Å². The fraction of sp³-hybridized carbons (Fsp3) is 0.571. The molecular formula is C21H30N2O2. The molecule has 2 fully saturated rings. The van der Waals surface area contributed by atoms with Crippen LogP contribution in [0.1, 0.15) is 54.9 Å². The standard InChI is InChI=1S/C21H30N2O2/c1-15-11-17(14-21(2,3)13-15)18-12-16(20(24)25-4)5-6-19(18)23-9-7-22-8-10-23/h5-6,12,17,22H,1,7-11,13-14H2,2-4H3. The number of esters is 1. The minimum absolute atomic E-state index is 0.252. The molecule has 0 bridgehead atoms. The van der Waals surface area contributed by atoms with Crippen LogP contribution in [0.25, 0.3) is 0 Å². The largest absolute Gasteiger partial charge is 0.465 e. The van der Waals surface area contributed by atoms with Gasteiger partial charge in [-0.05, 0) is 54.4 Å². The third-order valence-electron chi connectivity index (χ3n) is 5.41. The Balaban J connectivity index is 2.00. The first-order chi connectivity index (χ1) is 11.9. The van der Waals surface area contributed by atoms with Gasteiger partial charge < -0.3 is 15.0 Å². The molecule has 0 spiro atoms. The molecule has 1 saturated carbocycles. The normalized spacial score (nSPS) is 23.4. The predicted molar refractivity (Wildman–Crippen MR) is 102 cm³/mol. The predicted octanol–water partition coefficient (Wildman–Crippen LogP) is 3.73. The second-order valence-corrected chi connectivity index (χ2v) is 8.20. The van der Waals surface area contributed by atoms with Gasteiger partial charge in [-0.15, -0.1) is 0 Å². The highest BCUT2D eigenvalue weighted by atomic mass is 16.5. The number of rotatable bonds is 3. The molecule has 25 heavy (non-hydrogen) atoms. The van der Waals surface area contributed by atoms with Crippen molar-refractivity contribution in [2.45, 2.75) is 39.0 Å². The van der Waals surface area contributed by atoms with E-state index in [9.17, 15) is 4.79 Å². The van der Waals surface area contributed by atoms with Crippen molar-refractivity contribution in [2.24, 2.45) is 5.41 Å². The molecule has 1 aromatic carbocycles. The first-order valence-electron chi connectivity index (χ1n) is 9.24. The number of hydrogen-bond acceptors (Lipinski definition) is 4. The summed E-state index contributed by atoms with van der Waals surface area (Å²) in [5.41, 5.74) is 4.76. The van der Waals surface area contributed by atoms with Crippen LogP contribution in [-0.4, -0.2) is 39.3 Å². The SMILES string of the molecule is C=C1CC(c2cc(C(=O)OC)ccc2N2CCNCC2)CC(C)(C)C1. The molecule has 136 valence electrons. The van der Waals surface area contributed by atoms with Crippen molar-refractivity contribution in [3.8, 4) is 0 Å². The van der Waals surface area contributed by atoms with Crippen molar-refractivity contribution < 1.29 is 9.53 Å². The van der Waals surface area contributed by atoms with Gasteiger partial charge in [0.15, 0.2) is 0 Å². The molecule has 1 saturated heterocycles. The lowest BCUT2D eigenvalue weighted by Gasteiger charge is -2.39. The van der Waals surface area contributed by atoms with Crippen molar-refractivity contribution in [3.63, 3.8) is 0 Å². The fourth-order valence-corrected chi connectivity index (χ4v) is 4.45. The van der Waals surface area contributed by atoms with E-state index in [4.69, 9.17) is 4.74 Å². The number of anilines is 1. The Hall–Kier alpha value is -1.81. The third-order valence-corrected chi connectivity index (χ3v) is 5.41. The van der Waals surface area contributed by atoms with E-state index < -0.39 is 0 Å². The molecular weight excluding hydrogens is 312 g/mol. The number of methoxy groups -OCH3 is 1. The number of carbonyl (C=O) groups is 1. The molecule has 1 unspecified atom stereocenters. The fourth-order valence-electron chi connectivity index (χ4n) is 4.45. The number of nitrogens with one attached hydrogen (secondary N) is 1. The maximum Gasteiger partial charge on any atom is 0.337 e. The summed E-state index contributed by atoms with van der Waals surface area (Å²) in [4.78, 5) is 14.5. The number of carbonyl (C=O) groups excluding carboxylic acids is 1. The lowest BCUT2D eigenvalue weighted by atomic mass is 9.68. The van der Waals surface area contributed by atoms with Crippen LogP contribution in [-0.2, 0) is 4.74 Å². The summed E-state index contributed by atoms with van der Waals surface area (Å²) < 4.78 is 4.95. The Morgan fingerprint density at radius 3 is 2.68 bits per heavy atom. The first kappa shape index (κ1) is 18.0. The topological polar surface area (TPSA) is 41.6 Å². The summed E-state index contributed by atoms with van der Waals surface area (Å²) in [5, 5.41) is 3.41. The summed E-state index contributed by atoms with van der Waals surface area (Å²) in [5.74, 6) is 0.146. The van der Waals surface area contributed by atoms with Gasteiger partial charge in [-0.2, -0.15) is 0 Å². The second kappa shape index (κ2) is 7.20. The van der Waals surface area contributed by atoms with Crippen LogP contribution >= 0.6 is 0 Å². The van der Waals surface area contributed by atoms with Crippen molar-refractivity contribution in [3.05, 3.63) is 41.5 Å². The Morgan fingerprint density at radius 1 is 1.32 bits per heavy atom. The van der Waals surface area contributed by atoms with Gasteiger partial charge in [0.25, 0.3) is 0 Å². The van der Waals surface area contributed by atoms with Crippen molar-refractivity contribution in [1.29, 1.82) is 0 Å². The molecule has 1 N–H and O–H groups in total.